The Kier molecular flexibility index (Phi) is 5.05. The summed E-state index contributed by atoms with van der Waals surface area (Å²) >= 11 is 4.88. The highest BCUT2D eigenvalue weighted by Gasteiger charge is 2.55. The third kappa shape index (κ3) is 4.26. The Balaban J connectivity index is 3.00. The molecule has 19 heavy (non-hydrogen) atoms. The topological polar surface area (TPSA) is 82.1 Å². The van der Waals surface area contributed by atoms with Gasteiger partial charge in [0.1, 0.15) is 5.92 Å². The molecule has 9 heteroatoms. The van der Waals surface area contributed by atoms with E-state index in [0.717, 1.165) is 13.8 Å². The second kappa shape index (κ2) is 5.98. The molecule has 1 N–H and O–H groups in total. The van der Waals surface area contributed by atoms with Gasteiger partial charge in [0.25, 0.3) is 0 Å². The van der Waals surface area contributed by atoms with E-state index in [2.05, 4.69) is 4.74 Å². The van der Waals surface area contributed by atoms with E-state index in [9.17, 15) is 23.5 Å². The third-order valence-electron chi connectivity index (χ3n) is 2.46. The predicted octanol–water partition coefficient (Wildman–Crippen LogP) is 0.646. The number of alkyl halides is 3. The number of rotatable bonds is 3. The Morgan fingerprint density at radius 3 is 2.26 bits per heavy atom. The first-order valence-electron chi connectivity index (χ1n) is 5.33. The molecular formula is C10H13ClF2O6. The van der Waals surface area contributed by atoms with E-state index in [0.29, 0.717) is 0 Å². The van der Waals surface area contributed by atoms with E-state index in [1.807, 2.05) is 0 Å². The third-order valence-corrected chi connectivity index (χ3v) is 2.71. The Bertz CT molecular complexity index is 358. The van der Waals surface area contributed by atoms with Crippen LogP contribution in [0.3, 0.4) is 0 Å². The molecule has 1 aliphatic heterocycles. The molecule has 1 heterocycles. The number of carbonyl (C=O) groups excluding carboxylic acids is 2. The number of hydrogen-bond donors (Lipinski definition) is 1. The Morgan fingerprint density at radius 2 is 1.84 bits per heavy atom. The van der Waals surface area contributed by atoms with Gasteiger partial charge >= 0.3 is 17.3 Å². The SMILES string of the molecule is CC(=O)O[C@@H]1[C@@H](C(F)(F)Cl)[C@@H](O)OC[C@H]1OC(C)=O. The van der Waals surface area contributed by atoms with E-state index >= 15 is 0 Å². The van der Waals surface area contributed by atoms with Gasteiger partial charge in [-0.25, -0.2) is 0 Å². The van der Waals surface area contributed by atoms with Gasteiger partial charge < -0.3 is 19.3 Å². The molecule has 0 aromatic rings. The molecule has 0 aromatic carbocycles. The first-order valence-corrected chi connectivity index (χ1v) is 5.71. The maximum absolute atomic E-state index is 13.3. The summed E-state index contributed by atoms with van der Waals surface area (Å²) < 4.78 is 40.6. The van der Waals surface area contributed by atoms with Crippen molar-refractivity contribution >= 4 is 23.5 Å². The lowest BCUT2D eigenvalue weighted by atomic mass is 9.94. The number of halogens is 3. The van der Waals surface area contributed by atoms with E-state index in [1.54, 1.807) is 0 Å². The smallest absolute Gasteiger partial charge is 0.333 e. The molecule has 110 valence electrons. The minimum atomic E-state index is -3.90. The molecular weight excluding hydrogens is 290 g/mol. The van der Waals surface area contributed by atoms with Crippen LogP contribution in [0, 0.1) is 5.92 Å². The van der Waals surface area contributed by atoms with Crippen molar-refractivity contribution < 1.29 is 37.7 Å². The fraction of sp³-hybridized carbons (Fsp3) is 0.800. The van der Waals surface area contributed by atoms with E-state index in [-0.39, 0.29) is 6.61 Å². The fourth-order valence-electron chi connectivity index (χ4n) is 1.79. The van der Waals surface area contributed by atoms with Crippen LogP contribution in [0.1, 0.15) is 13.8 Å². The highest BCUT2D eigenvalue weighted by Crippen LogP contribution is 2.39. The average molecular weight is 303 g/mol. The molecule has 0 unspecified atom stereocenters. The summed E-state index contributed by atoms with van der Waals surface area (Å²) in [4.78, 5) is 21.8. The van der Waals surface area contributed by atoms with Gasteiger partial charge in [-0.2, -0.15) is 8.78 Å². The summed E-state index contributed by atoms with van der Waals surface area (Å²) in [5.41, 5.74) is 0. The highest BCUT2D eigenvalue weighted by molar-refractivity contribution is 6.22. The molecule has 4 atom stereocenters. The summed E-state index contributed by atoms with van der Waals surface area (Å²) in [6.07, 6.45) is -4.80. The van der Waals surface area contributed by atoms with Crippen LogP contribution in [0.4, 0.5) is 8.78 Å². The minimum absolute atomic E-state index is 0.387. The number of carbonyl (C=O) groups is 2. The fourth-order valence-corrected chi connectivity index (χ4v) is 2.02. The van der Waals surface area contributed by atoms with Gasteiger partial charge in [0.2, 0.25) is 0 Å². The van der Waals surface area contributed by atoms with E-state index in [1.165, 1.54) is 0 Å². The van der Waals surface area contributed by atoms with Crippen molar-refractivity contribution in [3.8, 4) is 0 Å². The van der Waals surface area contributed by atoms with Crippen molar-refractivity contribution in [3.63, 3.8) is 0 Å². The Morgan fingerprint density at radius 1 is 1.32 bits per heavy atom. The first kappa shape index (κ1) is 16.1. The van der Waals surface area contributed by atoms with Gasteiger partial charge in [-0.1, -0.05) is 0 Å². The number of hydrogen-bond acceptors (Lipinski definition) is 6. The average Bonchev–Trinajstić information content (AvgIpc) is 2.18. The van der Waals surface area contributed by atoms with Crippen LogP contribution in [-0.2, 0) is 23.8 Å². The summed E-state index contributed by atoms with van der Waals surface area (Å²) in [7, 11) is 0. The van der Waals surface area contributed by atoms with Crippen LogP contribution in [-0.4, -0.2) is 47.5 Å². The van der Waals surface area contributed by atoms with Crippen LogP contribution in [0.5, 0.6) is 0 Å². The summed E-state index contributed by atoms with van der Waals surface area (Å²) in [6, 6.07) is 0. The second-order valence-electron chi connectivity index (χ2n) is 4.01. The van der Waals surface area contributed by atoms with Crippen molar-refractivity contribution in [1.82, 2.24) is 0 Å². The molecule has 6 nitrogen and oxygen atoms in total. The van der Waals surface area contributed by atoms with Gasteiger partial charge in [0.15, 0.2) is 18.5 Å². The number of aliphatic hydroxyl groups excluding tert-OH is 1. The molecule has 1 rings (SSSR count). The molecule has 0 radical (unpaired) electrons. The highest BCUT2D eigenvalue weighted by atomic mass is 35.5. The van der Waals surface area contributed by atoms with Gasteiger partial charge in [-0.05, 0) is 11.6 Å². The maximum Gasteiger partial charge on any atom is 0.333 e. The molecule has 0 aromatic heterocycles. The van der Waals surface area contributed by atoms with Crippen LogP contribution < -0.4 is 0 Å². The zero-order valence-electron chi connectivity index (χ0n) is 10.1. The predicted molar refractivity (Wildman–Crippen MR) is 57.4 cm³/mol. The molecule has 0 spiro atoms. The first-order chi connectivity index (χ1) is 8.62. The Hall–Kier alpha value is -0.990. The summed E-state index contributed by atoms with van der Waals surface area (Å²) in [5.74, 6) is -3.68. The maximum atomic E-state index is 13.3. The van der Waals surface area contributed by atoms with Gasteiger partial charge in [-0.15, -0.1) is 0 Å². The molecule has 0 aliphatic carbocycles. The van der Waals surface area contributed by atoms with Crippen molar-refractivity contribution in [2.45, 2.75) is 37.7 Å². The standard InChI is InChI=1S/C10H13ClF2O6/c1-4(14)18-6-3-17-9(16)7(10(11,12)13)8(6)19-5(2)15/h6-9,16H,3H2,1-2H3/t6-,7-,8+,9+/m1/s1. The van der Waals surface area contributed by atoms with Crippen LogP contribution in [0.2, 0.25) is 0 Å². The quantitative estimate of drug-likeness (QED) is 0.609. The number of ether oxygens (including phenoxy) is 3. The molecule has 0 saturated carbocycles. The van der Waals surface area contributed by atoms with Gasteiger partial charge in [-0.3, -0.25) is 9.59 Å². The molecule has 1 fully saturated rings. The Labute approximate surface area is 112 Å². The van der Waals surface area contributed by atoms with E-state index in [4.69, 9.17) is 21.1 Å². The zero-order valence-corrected chi connectivity index (χ0v) is 10.9. The zero-order chi connectivity index (χ0) is 14.8. The van der Waals surface area contributed by atoms with Crippen LogP contribution in [0.25, 0.3) is 0 Å². The lowest BCUT2D eigenvalue weighted by Crippen LogP contribution is -2.57. The van der Waals surface area contributed by atoms with E-state index < -0.39 is 41.7 Å². The van der Waals surface area contributed by atoms with Gasteiger partial charge in [0, 0.05) is 13.8 Å². The van der Waals surface area contributed by atoms with Crippen molar-refractivity contribution in [3.05, 3.63) is 0 Å². The van der Waals surface area contributed by atoms with Gasteiger partial charge in [0.05, 0.1) is 6.61 Å². The minimum Gasteiger partial charge on any atom is -0.458 e. The number of aliphatic hydroxyl groups is 1. The summed E-state index contributed by atoms with van der Waals surface area (Å²) in [5, 5.41) is 5.52. The largest absolute Gasteiger partial charge is 0.458 e. The number of esters is 2. The summed E-state index contributed by atoms with van der Waals surface area (Å²) in [6.45, 7) is 1.67. The second-order valence-corrected chi connectivity index (χ2v) is 4.52. The van der Waals surface area contributed by atoms with Crippen LogP contribution in [0.15, 0.2) is 0 Å². The molecule has 0 amide bonds. The monoisotopic (exact) mass is 302 g/mol. The lowest BCUT2D eigenvalue weighted by Gasteiger charge is -2.40. The molecule has 0 bridgehead atoms. The van der Waals surface area contributed by atoms with Crippen molar-refractivity contribution in [2.75, 3.05) is 6.61 Å². The van der Waals surface area contributed by atoms with Crippen LogP contribution >= 0.6 is 11.6 Å². The normalized spacial score (nSPS) is 31.7. The molecule has 1 aliphatic rings. The van der Waals surface area contributed by atoms with Crippen molar-refractivity contribution in [2.24, 2.45) is 5.92 Å². The lowest BCUT2D eigenvalue weighted by molar-refractivity contribution is -0.271. The molecule has 1 saturated heterocycles. The van der Waals surface area contributed by atoms with Crippen molar-refractivity contribution in [1.29, 1.82) is 0 Å².